The van der Waals surface area contributed by atoms with E-state index in [1.165, 1.54) is 0 Å². The molecule has 1 heterocycles. The number of fused-ring (bicyclic) bond motifs is 3. The van der Waals surface area contributed by atoms with Crippen LogP contribution in [0, 0.1) is 0 Å². The fourth-order valence-electron chi connectivity index (χ4n) is 4.08. The van der Waals surface area contributed by atoms with Crippen LogP contribution in [0.3, 0.4) is 0 Å². The van der Waals surface area contributed by atoms with Gasteiger partial charge in [-0.15, -0.1) is 18.2 Å². The molecule has 0 bridgehead atoms. The molecule has 1 amide bonds. The van der Waals surface area contributed by atoms with E-state index in [0.29, 0.717) is 19.0 Å². The molecule has 0 aromatic heterocycles. The number of nitrogens with zero attached hydrogens (tertiary/aromatic N) is 1. The van der Waals surface area contributed by atoms with Gasteiger partial charge in [-0.05, 0) is 40.8 Å². The van der Waals surface area contributed by atoms with Crippen molar-refractivity contribution in [1.82, 2.24) is 0 Å². The molecule has 4 rings (SSSR count). The van der Waals surface area contributed by atoms with Crippen molar-refractivity contribution in [1.29, 1.82) is 0 Å². The Labute approximate surface area is 187 Å². The number of rotatable bonds is 7. The van der Waals surface area contributed by atoms with E-state index in [1.807, 2.05) is 53.5 Å². The molecule has 1 unspecified atom stereocenters. The van der Waals surface area contributed by atoms with E-state index in [0.717, 1.165) is 39.0 Å². The zero-order valence-electron chi connectivity index (χ0n) is 17.5. The van der Waals surface area contributed by atoms with Crippen LogP contribution in [0.15, 0.2) is 73.3 Å². The lowest BCUT2D eigenvalue weighted by atomic mass is 9.95. The number of carbonyl (C=O) groups is 1. The number of amides is 1. The molecule has 158 valence electrons. The maximum Gasteiger partial charge on any atom is 0.251 e. The molecule has 0 radical (unpaired) electrons. The van der Waals surface area contributed by atoms with Crippen LogP contribution in [-0.2, 0) is 4.79 Å². The highest BCUT2D eigenvalue weighted by molar-refractivity contribution is 6.19. The summed E-state index contributed by atoms with van der Waals surface area (Å²) in [6.45, 7) is 5.01. The highest BCUT2D eigenvalue weighted by atomic mass is 35.5. The number of alkyl halides is 1. The third kappa shape index (κ3) is 4.17. The van der Waals surface area contributed by atoms with Crippen LogP contribution >= 0.6 is 11.6 Å². The highest BCUT2D eigenvalue weighted by Crippen LogP contribution is 2.44. The number of benzene rings is 3. The first-order chi connectivity index (χ1) is 15.2. The minimum absolute atomic E-state index is 0.0605. The summed E-state index contributed by atoms with van der Waals surface area (Å²) in [6.07, 6.45) is 5.27. The van der Waals surface area contributed by atoms with E-state index in [1.54, 1.807) is 13.2 Å². The van der Waals surface area contributed by atoms with E-state index in [-0.39, 0.29) is 11.8 Å². The Hall–Kier alpha value is -3.24. The van der Waals surface area contributed by atoms with E-state index < -0.39 is 0 Å². The zero-order valence-corrected chi connectivity index (χ0v) is 18.2. The van der Waals surface area contributed by atoms with Crippen LogP contribution in [0.4, 0.5) is 11.4 Å². The Morgan fingerprint density at radius 2 is 1.97 bits per heavy atom. The summed E-state index contributed by atoms with van der Waals surface area (Å²) >= 11 is 6.33. The fourth-order valence-corrected chi connectivity index (χ4v) is 4.33. The second kappa shape index (κ2) is 9.27. The molecule has 1 N–H and O–H groups in total. The van der Waals surface area contributed by atoms with Gasteiger partial charge in [0.1, 0.15) is 5.75 Å². The molecule has 0 aliphatic carbocycles. The molecular formula is C26H25ClN2O2. The van der Waals surface area contributed by atoms with Gasteiger partial charge in [0, 0.05) is 42.0 Å². The summed E-state index contributed by atoms with van der Waals surface area (Å²) in [6, 6.07) is 17.9. The van der Waals surface area contributed by atoms with E-state index in [9.17, 15) is 4.79 Å². The Kier molecular flexibility index (Phi) is 6.28. The maximum atomic E-state index is 13.2. The average molecular weight is 433 g/mol. The minimum atomic E-state index is -0.0605. The third-order valence-corrected chi connectivity index (χ3v) is 5.96. The van der Waals surface area contributed by atoms with Crippen molar-refractivity contribution in [2.75, 3.05) is 36.3 Å². The first-order valence-corrected chi connectivity index (χ1v) is 10.8. The monoisotopic (exact) mass is 432 g/mol. The second-order valence-corrected chi connectivity index (χ2v) is 7.79. The summed E-state index contributed by atoms with van der Waals surface area (Å²) in [4.78, 5) is 15.0. The predicted octanol–water partition coefficient (Wildman–Crippen LogP) is 5.83. The number of ether oxygens (including phenoxy) is 1. The summed E-state index contributed by atoms with van der Waals surface area (Å²) in [5.74, 6) is 1.28. The quantitative estimate of drug-likeness (QED) is 0.290. The Bertz CT molecular complexity index is 1140. The number of halogens is 1. The minimum Gasteiger partial charge on any atom is -0.497 e. The molecule has 1 atom stereocenters. The van der Waals surface area contributed by atoms with Gasteiger partial charge in [-0.1, -0.05) is 42.5 Å². The van der Waals surface area contributed by atoms with E-state index in [4.69, 9.17) is 16.3 Å². The Balaban J connectivity index is 1.71. The molecule has 5 heteroatoms. The molecule has 0 fully saturated rings. The second-order valence-electron chi connectivity index (χ2n) is 7.48. The van der Waals surface area contributed by atoms with Crippen molar-refractivity contribution in [3.8, 4) is 5.75 Å². The number of hydrogen-bond acceptors (Lipinski definition) is 3. The molecule has 1 aliphatic rings. The number of carbonyl (C=O) groups excluding carboxylic acids is 1. The average Bonchev–Trinajstić information content (AvgIpc) is 3.20. The molecule has 4 nitrogen and oxygen atoms in total. The van der Waals surface area contributed by atoms with Gasteiger partial charge < -0.3 is 15.0 Å². The molecule has 0 spiro atoms. The van der Waals surface area contributed by atoms with Gasteiger partial charge >= 0.3 is 0 Å². The summed E-state index contributed by atoms with van der Waals surface area (Å²) in [5, 5.41) is 5.67. The van der Waals surface area contributed by atoms with Gasteiger partial charge in [-0.2, -0.15) is 0 Å². The smallest absolute Gasteiger partial charge is 0.251 e. The summed E-state index contributed by atoms with van der Waals surface area (Å²) in [7, 11) is 1.63. The van der Waals surface area contributed by atoms with Crippen LogP contribution in [-0.4, -0.2) is 32.0 Å². The molecule has 0 saturated carbocycles. The van der Waals surface area contributed by atoms with Crippen molar-refractivity contribution in [2.45, 2.75) is 5.92 Å². The van der Waals surface area contributed by atoms with Gasteiger partial charge in [-0.25, -0.2) is 0 Å². The van der Waals surface area contributed by atoms with Crippen LogP contribution < -0.4 is 15.0 Å². The summed E-state index contributed by atoms with van der Waals surface area (Å²) in [5.41, 5.74) is 3.98. The predicted molar refractivity (Wildman–Crippen MR) is 130 cm³/mol. The van der Waals surface area contributed by atoms with Crippen molar-refractivity contribution in [3.63, 3.8) is 0 Å². The van der Waals surface area contributed by atoms with Gasteiger partial charge in [0.15, 0.2) is 0 Å². The van der Waals surface area contributed by atoms with Crippen LogP contribution in [0.5, 0.6) is 5.75 Å². The zero-order chi connectivity index (χ0) is 21.8. The molecule has 3 aromatic rings. The van der Waals surface area contributed by atoms with Crippen molar-refractivity contribution < 1.29 is 9.53 Å². The van der Waals surface area contributed by atoms with Gasteiger partial charge in [-0.3, -0.25) is 4.79 Å². The number of hydrogen-bond donors (Lipinski definition) is 1. The number of anilines is 2. The third-order valence-electron chi connectivity index (χ3n) is 5.59. The van der Waals surface area contributed by atoms with Gasteiger partial charge in [0.25, 0.3) is 5.91 Å². The van der Waals surface area contributed by atoms with Crippen LogP contribution in [0.1, 0.15) is 17.0 Å². The van der Waals surface area contributed by atoms with Crippen molar-refractivity contribution in [2.24, 2.45) is 0 Å². The van der Waals surface area contributed by atoms with Crippen LogP contribution in [0.25, 0.3) is 16.8 Å². The molecule has 0 saturated heterocycles. The standard InChI is InChI=1S/C26H25ClN2O2/c1-3-14-28-23-15-24-26(22-7-5-4-6-21(22)23)19(16-27)17-29(24)25(30)13-10-18-8-11-20(31-2)12-9-18/h3-13,15,19,28H,1,14,16-17H2,2H3/b13-10+. The van der Waals surface area contributed by atoms with Gasteiger partial charge in [0.2, 0.25) is 0 Å². The van der Waals surface area contributed by atoms with Crippen molar-refractivity contribution in [3.05, 3.63) is 84.5 Å². The molecule has 1 aliphatic heterocycles. The topological polar surface area (TPSA) is 41.6 Å². The fraction of sp³-hybridized carbons (Fsp3) is 0.192. The molecular weight excluding hydrogens is 408 g/mol. The van der Waals surface area contributed by atoms with E-state index >= 15 is 0 Å². The first kappa shape index (κ1) is 21.0. The first-order valence-electron chi connectivity index (χ1n) is 10.3. The van der Waals surface area contributed by atoms with Crippen LogP contribution in [0.2, 0.25) is 0 Å². The van der Waals surface area contributed by atoms with E-state index in [2.05, 4.69) is 30.1 Å². The lowest BCUT2D eigenvalue weighted by molar-refractivity contribution is -0.114. The lowest BCUT2D eigenvalue weighted by Crippen LogP contribution is -2.28. The Morgan fingerprint density at radius 1 is 1.23 bits per heavy atom. The SMILES string of the molecule is C=CCNc1cc2c(c3ccccc13)C(CCl)CN2C(=O)/C=C/c1ccc(OC)cc1. The number of nitrogens with one attached hydrogen (secondary N) is 1. The van der Waals surface area contributed by atoms with Crippen molar-refractivity contribution >= 4 is 45.7 Å². The Morgan fingerprint density at radius 3 is 2.65 bits per heavy atom. The lowest BCUT2D eigenvalue weighted by Gasteiger charge is -2.18. The number of methoxy groups -OCH3 is 1. The summed E-state index contributed by atoms with van der Waals surface area (Å²) < 4.78 is 5.19. The largest absolute Gasteiger partial charge is 0.497 e. The van der Waals surface area contributed by atoms with Gasteiger partial charge in [0.05, 0.1) is 12.8 Å². The normalized spacial score (nSPS) is 15.3. The molecule has 3 aromatic carbocycles. The highest BCUT2D eigenvalue weighted by Gasteiger charge is 2.33. The maximum absolute atomic E-state index is 13.2. The molecule has 31 heavy (non-hydrogen) atoms.